The number of carbonyl (C=O) groups is 2. The largest absolute Gasteiger partial charge is 0.502 e. The van der Waals surface area contributed by atoms with Gasteiger partial charge in [0.05, 0.1) is 12.2 Å². The van der Waals surface area contributed by atoms with E-state index in [9.17, 15) is 19.5 Å². The molecule has 0 saturated heterocycles. The van der Waals surface area contributed by atoms with Crippen molar-refractivity contribution in [2.75, 3.05) is 19.8 Å². The van der Waals surface area contributed by atoms with Crippen molar-refractivity contribution < 1.29 is 24.5 Å². The van der Waals surface area contributed by atoms with Gasteiger partial charge < -0.3 is 24.8 Å². The van der Waals surface area contributed by atoms with Crippen LogP contribution in [0, 0.1) is 0 Å². The Bertz CT molecular complexity index is 842. The van der Waals surface area contributed by atoms with Gasteiger partial charge in [-0.2, -0.15) is 0 Å². The quantitative estimate of drug-likeness (QED) is 0.465. The van der Waals surface area contributed by atoms with Crippen LogP contribution in [-0.2, 0) is 7.05 Å². The summed E-state index contributed by atoms with van der Waals surface area (Å²) in [5.41, 5.74) is -0.303. The number of nitrogens with one attached hydrogen (secondary N) is 1. The number of rotatable bonds is 8. The maximum Gasteiger partial charge on any atom is 0.293 e. The molecular weight excluding hydrogens is 340 g/mol. The molecule has 0 aliphatic rings. The zero-order valence-corrected chi connectivity index (χ0v) is 14.3. The number of ether oxygens (including phenoxy) is 1. The van der Waals surface area contributed by atoms with Crippen molar-refractivity contribution in [3.05, 3.63) is 58.0 Å². The predicted octanol–water partition coefficient (Wildman–Crippen LogP) is 0.465. The Labute approximate surface area is 149 Å². The summed E-state index contributed by atoms with van der Waals surface area (Å²) in [5, 5.41) is 21.1. The van der Waals surface area contributed by atoms with Gasteiger partial charge in [0.25, 0.3) is 11.5 Å². The maximum absolute atomic E-state index is 12.0. The Morgan fingerprint density at radius 2 is 1.88 bits per heavy atom. The third-order valence-corrected chi connectivity index (χ3v) is 3.68. The summed E-state index contributed by atoms with van der Waals surface area (Å²) in [6.07, 6.45) is 1.92. The number of aromatic hydroxyl groups is 1. The molecule has 0 saturated carbocycles. The van der Waals surface area contributed by atoms with Crippen LogP contribution in [-0.4, -0.2) is 46.2 Å². The Hall–Kier alpha value is -3.13. The van der Waals surface area contributed by atoms with E-state index in [1.54, 1.807) is 24.3 Å². The number of Topliss-reactive ketones (excluding diaryl/α,β-unsaturated/α-hetero) is 1. The normalized spacial score (nSPS) is 10.4. The van der Waals surface area contributed by atoms with Crippen LogP contribution in [0.5, 0.6) is 11.5 Å². The highest BCUT2D eigenvalue weighted by Crippen LogP contribution is 2.13. The SMILES string of the molecule is Cn1ccc(C(=O)NCCCOc2ccc(C(=O)CO)cc2)c(O)c1=O. The lowest BCUT2D eigenvalue weighted by Crippen LogP contribution is -2.28. The molecule has 3 N–H and O–H groups in total. The molecule has 0 atom stereocenters. The van der Waals surface area contributed by atoms with Gasteiger partial charge in [0.2, 0.25) is 0 Å². The molecule has 2 rings (SSSR count). The minimum absolute atomic E-state index is 0.0712. The molecular formula is C18H20N2O6. The number of hydrogen-bond acceptors (Lipinski definition) is 6. The fourth-order valence-corrected chi connectivity index (χ4v) is 2.19. The predicted molar refractivity (Wildman–Crippen MR) is 93.7 cm³/mol. The molecule has 138 valence electrons. The van der Waals surface area contributed by atoms with Crippen molar-refractivity contribution in [2.45, 2.75) is 6.42 Å². The summed E-state index contributed by atoms with van der Waals surface area (Å²) in [4.78, 5) is 34.9. The van der Waals surface area contributed by atoms with Crippen molar-refractivity contribution in [3.8, 4) is 11.5 Å². The van der Waals surface area contributed by atoms with Crippen LogP contribution in [0.3, 0.4) is 0 Å². The van der Waals surface area contributed by atoms with E-state index in [0.29, 0.717) is 30.9 Å². The van der Waals surface area contributed by atoms with Crippen LogP contribution in [0.4, 0.5) is 0 Å². The Morgan fingerprint density at radius 3 is 2.54 bits per heavy atom. The number of aliphatic hydroxyl groups is 1. The number of aryl methyl sites for hydroxylation is 1. The van der Waals surface area contributed by atoms with Crippen LogP contribution in [0.1, 0.15) is 27.1 Å². The highest BCUT2D eigenvalue weighted by atomic mass is 16.5. The topological polar surface area (TPSA) is 118 Å². The van der Waals surface area contributed by atoms with Gasteiger partial charge in [-0.05, 0) is 36.8 Å². The van der Waals surface area contributed by atoms with Gasteiger partial charge in [0, 0.05) is 25.4 Å². The Balaban J connectivity index is 1.77. The molecule has 0 aliphatic heterocycles. The van der Waals surface area contributed by atoms with E-state index in [-0.39, 0.29) is 11.3 Å². The second-order valence-electron chi connectivity index (χ2n) is 5.56. The minimum Gasteiger partial charge on any atom is -0.502 e. The van der Waals surface area contributed by atoms with Crippen LogP contribution in [0.25, 0.3) is 0 Å². The molecule has 2 aromatic rings. The summed E-state index contributed by atoms with van der Waals surface area (Å²) >= 11 is 0. The van der Waals surface area contributed by atoms with Crippen LogP contribution >= 0.6 is 0 Å². The van der Waals surface area contributed by atoms with Crippen LogP contribution in [0.15, 0.2) is 41.3 Å². The monoisotopic (exact) mass is 360 g/mol. The highest BCUT2D eigenvalue weighted by molar-refractivity contribution is 5.97. The zero-order chi connectivity index (χ0) is 19.1. The molecule has 1 amide bonds. The number of hydrogen-bond donors (Lipinski definition) is 3. The van der Waals surface area contributed by atoms with Gasteiger partial charge in [-0.1, -0.05) is 0 Å². The Morgan fingerprint density at radius 1 is 1.19 bits per heavy atom. The first-order valence-corrected chi connectivity index (χ1v) is 7.97. The average Bonchev–Trinajstić information content (AvgIpc) is 2.65. The van der Waals surface area contributed by atoms with Gasteiger partial charge in [-0.3, -0.25) is 14.4 Å². The maximum atomic E-state index is 12.0. The summed E-state index contributed by atoms with van der Waals surface area (Å²) in [5.74, 6) is -0.915. The molecule has 0 unspecified atom stereocenters. The molecule has 8 nitrogen and oxygen atoms in total. The molecule has 0 aliphatic carbocycles. The number of nitrogens with zero attached hydrogens (tertiary/aromatic N) is 1. The molecule has 0 fully saturated rings. The third-order valence-electron chi connectivity index (χ3n) is 3.68. The second-order valence-corrected chi connectivity index (χ2v) is 5.56. The van der Waals surface area contributed by atoms with Crippen LogP contribution in [0.2, 0.25) is 0 Å². The van der Waals surface area contributed by atoms with Crippen molar-refractivity contribution in [3.63, 3.8) is 0 Å². The van der Waals surface area contributed by atoms with Gasteiger partial charge >= 0.3 is 0 Å². The smallest absolute Gasteiger partial charge is 0.293 e. The van der Waals surface area contributed by atoms with Crippen molar-refractivity contribution in [1.29, 1.82) is 0 Å². The number of amides is 1. The van der Waals surface area contributed by atoms with E-state index in [1.165, 1.54) is 23.9 Å². The first-order valence-electron chi connectivity index (χ1n) is 7.97. The first-order chi connectivity index (χ1) is 12.4. The van der Waals surface area contributed by atoms with E-state index >= 15 is 0 Å². The van der Waals surface area contributed by atoms with Gasteiger partial charge in [-0.15, -0.1) is 0 Å². The lowest BCUT2D eigenvalue weighted by molar-refractivity contribution is 0.0902. The number of carbonyl (C=O) groups excluding carboxylic acids is 2. The summed E-state index contributed by atoms with van der Waals surface area (Å²) < 4.78 is 6.67. The van der Waals surface area contributed by atoms with Gasteiger partial charge in [0.1, 0.15) is 12.4 Å². The lowest BCUT2D eigenvalue weighted by atomic mass is 10.1. The molecule has 26 heavy (non-hydrogen) atoms. The van der Waals surface area contributed by atoms with E-state index in [4.69, 9.17) is 9.84 Å². The standard InChI is InChI=1S/C18H20N2O6/c1-20-9-7-14(16(23)18(20)25)17(24)19-8-2-10-26-13-5-3-12(4-6-13)15(22)11-21/h3-7,9,21,23H,2,8,10-11H2,1H3,(H,19,24). The molecule has 1 aromatic carbocycles. The molecule has 1 heterocycles. The molecule has 8 heteroatoms. The van der Waals surface area contributed by atoms with Gasteiger partial charge in [0.15, 0.2) is 11.5 Å². The number of pyridine rings is 1. The van der Waals surface area contributed by atoms with Gasteiger partial charge in [-0.25, -0.2) is 0 Å². The summed E-state index contributed by atoms with van der Waals surface area (Å²) in [7, 11) is 1.48. The van der Waals surface area contributed by atoms with E-state index < -0.39 is 23.8 Å². The lowest BCUT2D eigenvalue weighted by Gasteiger charge is -2.09. The van der Waals surface area contributed by atoms with Crippen LogP contribution < -0.4 is 15.6 Å². The number of aromatic nitrogens is 1. The van der Waals surface area contributed by atoms with E-state index in [0.717, 1.165) is 0 Å². The summed E-state index contributed by atoms with van der Waals surface area (Å²) in [6.45, 7) is 0.0909. The number of ketones is 1. The van der Waals surface area contributed by atoms with Crippen molar-refractivity contribution in [1.82, 2.24) is 9.88 Å². The molecule has 0 radical (unpaired) electrons. The third kappa shape index (κ3) is 4.70. The minimum atomic E-state index is -0.635. The second kappa shape index (κ2) is 8.82. The number of aliphatic hydroxyl groups excluding tert-OH is 1. The van der Waals surface area contributed by atoms with Crippen molar-refractivity contribution in [2.24, 2.45) is 7.05 Å². The van der Waals surface area contributed by atoms with Crippen molar-refractivity contribution >= 4 is 11.7 Å². The fraction of sp³-hybridized carbons (Fsp3) is 0.278. The fourth-order valence-electron chi connectivity index (χ4n) is 2.19. The Kier molecular flexibility index (Phi) is 6.51. The number of benzene rings is 1. The highest BCUT2D eigenvalue weighted by Gasteiger charge is 2.14. The molecule has 0 spiro atoms. The van der Waals surface area contributed by atoms with E-state index in [2.05, 4.69) is 5.32 Å². The summed E-state index contributed by atoms with van der Waals surface area (Å²) in [6, 6.07) is 7.75. The van der Waals surface area contributed by atoms with E-state index in [1.807, 2.05) is 0 Å². The first kappa shape index (κ1) is 19.2. The molecule has 1 aromatic heterocycles. The average molecular weight is 360 g/mol. The molecule has 0 bridgehead atoms. The zero-order valence-electron chi connectivity index (χ0n) is 14.3.